The molecule has 1 aliphatic heterocycles. The van der Waals surface area contributed by atoms with Crippen LogP contribution in [0.1, 0.15) is 38.1 Å². The molecule has 0 aliphatic carbocycles. The molecule has 0 spiro atoms. The average molecular weight is 380 g/mol. The molecule has 2 aromatic heterocycles. The summed E-state index contributed by atoms with van der Waals surface area (Å²) in [6.07, 6.45) is 3.61. The normalized spacial score (nSPS) is 18.2. The fourth-order valence-corrected chi connectivity index (χ4v) is 2.89. The molecule has 2 N–H and O–H groups in total. The van der Waals surface area contributed by atoms with Crippen molar-refractivity contribution in [1.82, 2.24) is 20.4 Å². The van der Waals surface area contributed by atoms with Crippen LogP contribution in [0.15, 0.2) is 35.1 Å². The van der Waals surface area contributed by atoms with Gasteiger partial charge in [0.25, 0.3) is 0 Å². The van der Waals surface area contributed by atoms with Gasteiger partial charge in [-0.15, -0.1) is 12.4 Å². The van der Waals surface area contributed by atoms with Crippen LogP contribution < -0.4 is 10.6 Å². The second-order valence-electron chi connectivity index (χ2n) is 7.35. The van der Waals surface area contributed by atoms with Crippen molar-refractivity contribution in [2.24, 2.45) is 0 Å². The molecule has 0 radical (unpaired) electrons. The van der Waals surface area contributed by atoms with Crippen LogP contribution in [0.3, 0.4) is 0 Å². The Morgan fingerprint density at radius 1 is 1.46 bits per heavy atom. The summed E-state index contributed by atoms with van der Waals surface area (Å²) in [6.45, 7) is 8.92. The maximum atomic E-state index is 12.4. The Hall–Kier alpha value is -1.96. The minimum atomic E-state index is -0.115. The van der Waals surface area contributed by atoms with E-state index < -0.39 is 0 Å². The fourth-order valence-electron chi connectivity index (χ4n) is 2.89. The molecule has 1 unspecified atom stereocenters. The highest BCUT2D eigenvalue weighted by Crippen LogP contribution is 2.24. The van der Waals surface area contributed by atoms with E-state index in [2.05, 4.69) is 46.4 Å². The van der Waals surface area contributed by atoms with Crippen LogP contribution in [-0.2, 0) is 10.2 Å². The van der Waals surface area contributed by atoms with Crippen LogP contribution in [0.25, 0.3) is 0 Å². The van der Waals surface area contributed by atoms with Crippen LogP contribution in [0.5, 0.6) is 0 Å². The number of piperazine rings is 1. The van der Waals surface area contributed by atoms with Gasteiger partial charge in [-0.2, -0.15) is 0 Å². The smallest absolute Gasteiger partial charge is 0.240 e. The second-order valence-corrected chi connectivity index (χ2v) is 7.35. The maximum absolute atomic E-state index is 12.4. The van der Waals surface area contributed by atoms with E-state index in [1.165, 1.54) is 0 Å². The minimum absolute atomic E-state index is 0. The highest BCUT2D eigenvalue weighted by Gasteiger charge is 2.26. The third-order valence-electron chi connectivity index (χ3n) is 4.31. The molecule has 0 saturated carbocycles. The molecule has 0 bridgehead atoms. The van der Waals surface area contributed by atoms with Crippen molar-refractivity contribution in [1.29, 1.82) is 0 Å². The number of nitrogens with one attached hydrogen (secondary N) is 2. The molecule has 1 atom stereocenters. The first-order valence-corrected chi connectivity index (χ1v) is 8.55. The number of amides is 1. The van der Waals surface area contributed by atoms with Crippen molar-refractivity contribution in [3.63, 3.8) is 0 Å². The van der Waals surface area contributed by atoms with Crippen molar-refractivity contribution in [3.05, 3.63) is 41.9 Å². The summed E-state index contributed by atoms with van der Waals surface area (Å²) in [6, 6.07) is 5.88. The summed E-state index contributed by atoms with van der Waals surface area (Å²) in [5.41, 5.74) is 1.81. The fraction of sp³-hybridized carbons (Fsp3) is 0.500. The molecule has 3 heterocycles. The zero-order valence-corrected chi connectivity index (χ0v) is 16.2. The van der Waals surface area contributed by atoms with E-state index in [9.17, 15) is 4.79 Å². The first-order valence-electron chi connectivity index (χ1n) is 8.55. The lowest BCUT2D eigenvalue weighted by Gasteiger charge is -2.35. The first kappa shape index (κ1) is 20.4. The monoisotopic (exact) mass is 379 g/mol. The van der Waals surface area contributed by atoms with Gasteiger partial charge < -0.3 is 9.84 Å². The van der Waals surface area contributed by atoms with E-state index in [0.29, 0.717) is 12.4 Å². The van der Waals surface area contributed by atoms with Crippen LogP contribution in [0.2, 0.25) is 0 Å². The number of anilines is 1. The molecule has 3 rings (SSSR count). The van der Waals surface area contributed by atoms with Crippen molar-refractivity contribution < 1.29 is 9.32 Å². The molecule has 0 aromatic carbocycles. The van der Waals surface area contributed by atoms with Gasteiger partial charge in [0.2, 0.25) is 11.8 Å². The number of hydrogen-bond acceptors (Lipinski definition) is 6. The minimum Gasteiger partial charge on any atom is -0.338 e. The van der Waals surface area contributed by atoms with E-state index in [4.69, 9.17) is 4.52 Å². The maximum Gasteiger partial charge on any atom is 0.240 e. The quantitative estimate of drug-likeness (QED) is 0.848. The van der Waals surface area contributed by atoms with Gasteiger partial charge in [0.05, 0.1) is 12.2 Å². The Balaban J connectivity index is 0.00000243. The van der Waals surface area contributed by atoms with Crippen molar-refractivity contribution in [3.8, 4) is 0 Å². The summed E-state index contributed by atoms with van der Waals surface area (Å²) in [5.74, 6) is 0.287. The second kappa shape index (κ2) is 8.62. The predicted octanol–water partition coefficient (Wildman–Crippen LogP) is 2.37. The van der Waals surface area contributed by atoms with Gasteiger partial charge in [-0.25, -0.2) is 0 Å². The molecule has 142 valence electrons. The number of carbonyl (C=O) groups is 1. The zero-order valence-electron chi connectivity index (χ0n) is 15.4. The Morgan fingerprint density at radius 2 is 2.27 bits per heavy atom. The average Bonchev–Trinajstić information content (AvgIpc) is 3.05. The lowest BCUT2D eigenvalue weighted by molar-refractivity contribution is -0.118. The molecule has 1 amide bonds. The number of hydrogen-bond donors (Lipinski definition) is 2. The van der Waals surface area contributed by atoms with Gasteiger partial charge in [0, 0.05) is 49.6 Å². The van der Waals surface area contributed by atoms with Crippen molar-refractivity contribution in [2.45, 2.75) is 32.2 Å². The molecule has 8 heteroatoms. The van der Waals surface area contributed by atoms with E-state index in [1.807, 2.05) is 18.3 Å². The van der Waals surface area contributed by atoms with Gasteiger partial charge in [0.1, 0.15) is 0 Å². The summed E-state index contributed by atoms with van der Waals surface area (Å²) in [4.78, 5) is 18.8. The van der Waals surface area contributed by atoms with Gasteiger partial charge in [0.15, 0.2) is 0 Å². The van der Waals surface area contributed by atoms with E-state index in [-0.39, 0.29) is 29.8 Å². The number of halogens is 1. The van der Waals surface area contributed by atoms with Crippen molar-refractivity contribution >= 4 is 24.2 Å². The molecule has 7 nitrogen and oxygen atoms in total. The molecule has 26 heavy (non-hydrogen) atoms. The molecule has 1 aliphatic rings. The Labute approximate surface area is 159 Å². The van der Waals surface area contributed by atoms with Crippen LogP contribution >= 0.6 is 12.4 Å². The summed E-state index contributed by atoms with van der Waals surface area (Å²) < 4.78 is 5.24. The number of nitrogens with zero attached hydrogens (tertiary/aromatic N) is 3. The topological polar surface area (TPSA) is 83.3 Å². The largest absolute Gasteiger partial charge is 0.338 e. The lowest BCUT2D eigenvalue weighted by Crippen LogP contribution is -2.48. The van der Waals surface area contributed by atoms with Gasteiger partial charge in [-0.3, -0.25) is 20.0 Å². The number of carbonyl (C=O) groups excluding carboxylic acids is 1. The van der Waals surface area contributed by atoms with E-state index in [0.717, 1.165) is 30.9 Å². The number of pyridine rings is 1. The molecular formula is C18H26ClN5O2. The van der Waals surface area contributed by atoms with Crippen LogP contribution in [0, 0.1) is 0 Å². The van der Waals surface area contributed by atoms with Gasteiger partial charge in [-0.05, 0) is 11.6 Å². The highest BCUT2D eigenvalue weighted by atomic mass is 35.5. The summed E-state index contributed by atoms with van der Waals surface area (Å²) in [5, 5.41) is 10.2. The number of aromatic nitrogens is 2. The van der Waals surface area contributed by atoms with Crippen molar-refractivity contribution in [2.75, 3.05) is 31.5 Å². The standard InChI is InChI=1S/C18H25N5O2.ClH/c1-18(2,3)15-9-17(25-22-15)21-16(24)12-23-8-7-20-11-14(23)13-5-4-6-19-10-13;/h4-6,9-10,14,20H,7-8,11-12H2,1-3H3,(H,21,24);1H. The first-order chi connectivity index (χ1) is 11.9. The summed E-state index contributed by atoms with van der Waals surface area (Å²) in [7, 11) is 0. The van der Waals surface area contributed by atoms with Gasteiger partial charge in [-0.1, -0.05) is 32.0 Å². The third kappa shape index (κ3) is 5.03. The number of rotatable bonds is 4. The SMILES string of the molecule is CC(C)(C)c1cc(NC(=O)CN2CCNCC2c2cccnc2)on1.Cl. The zero-order chi connectivity index (χ0) is 17.9. The highest BCUT2D eigenvalue weighted by molar-refractivity contribution is 5.91. The summed E-state index contributed by atoms with van der Waals surface area (Å²) >= 11 is 0. The predicted molar refractivity (Wildman–Crippen MR) is 103 cm³/mol. The molecule has 1 fully saturated rings. The Kier molecular flexibility index (Phi) is 6.75. The Bertz CT molecular complexity index is 714. The van der Waals surface area contributed by atoms with E-state index >= 15 is 0 Å². The van der Waals surface area contributed by atoms with Crippen LogP contribution in [0.4, 0.5) is 5.88 Å². The van der Waals surface area contributed by atoms with Gasteiger partial charge >= 0.3 is 0 Å². The van der Waals surface area contributed by atoms with E-state index in [1.54, 1.807) is 12.3 Å². The third-order valence-corrected chi connectivity index (χ3v) is 4.31. The van der Waals surface area contributed by atoms with Crippen LogP contribution in [-0.4, -0.2) is 47.1 Å². The lowest BCUT2D eigenvalue weighted by atomic mass is 9.92. The molecule has 2 aromatic rings. The molecular weight excluding hydrogens is 354 g/mol. The Morgan fingerprint density at radius 3 is 2.92 bits per heavy atom. The molecule has 1 saturated heterocycles.